The second-order valence-corrected chi connectivity index (χ2v) is 8.92. The Morgan fingerprint density at radius 3 is 2.65 bits per heavy atom. The van der Waals surface area contributed by atoms with Crippen LogP contribution in [-0.2, 0) is 10.5 Å². The number of carbonyl (C=O) groups excluding carboxylic acids is 1. The largest absolute Gasteiger partial charge is 0.295 e. The standard InChI is InChI=1S/C23H21FN4OS2/c1-15-10-16(2)12-19(11-15)27-9-8-25-22(27)30-13-18-14-31-23(26-18)28(17(3)29)21-7-5-4-6-20(21)24/h4-12,14H,13H2,1-3H3. The molecular formula is C23H21FN4OS2. The van der Waals surface area contributed by atoms with E-state index >= 15 is 0 Å². The van der Waals surface area contributed by atoms with Crippen LogP contribution >= 0.6 is 23.1 Å². The van der Waals surface area contributed by atoms with E-state index in [1.807, 2.05) is 11.6 Å². The highest BCUT2D eigenvalue weighted by atomic mass is 32.2. The van der Waals surface area contributed by atoms with Gasteiger partial charge in [0, 0.05) is 36.1 Å². The van der Waals surface area contributed by atoms with E-state index in [0.717, 1.165) is 16.5 Å². The zero-order valence-electron chi connectivity index (χ0n) is 17.4. The maximum Gasteiger partial charge on any atom is 0.230 e. The first kappa shape index (κ1) is 21.3. The lowest BCUT2D eigenvalue weighted by molar-refractivity contribution is -0.115. The Morgan fingerprint density at radius 1 is 1.19 bits per heavy atom. The van der Waals surface area contributed by atoms with Crippen LogP contribution in [0, 0.1) is 19.7 Å². The second kappa shape index (κ2) is 9.03. The summed E-state index contributed by atoms with van der Waals surface area (Å²) < 4.78 is 16.3. The normalized spacial score (nSPS) is 11.0. The summed E-state index contributed by atoms with van der Waals surface area (Å²) >= 11 is 2.88. The van der Waals surface area contributed by atoms with Crippen LogP contribution in [0.4, 0.5) is 15.2 Å². The number of hydrogen-bond acceptors (Lipinski definition) is 5. The van der Waals surface area contributed by atoms with Gasteiger partial charge in [-0.3, -0.25) is 14.3 Å². The molecule has 0 saturated carbocycles. The first-order chi connectivity index (χ1) is 14.9. The molecule has 31 heavy (non-hydrogen) atoms. The van der Waals surface area contributed by atoms with Crippen LogP contribution in [0.5, 0.6) is 0 Å². The Labute approximate surface area is 188 Å². The minimum Gasteiger partial charge on any atom is -0.295 e. The van der Waals surface area contributed by atoms with Gasteiger partial charge in [0.2, 0.25) is 5.91 Å². The number of imidazole rings is 1. The highest BCUT2D eigenvalue weighted by Gasteiger charge is 2.21. The molecule has 0 aliphatic rings. The number of hydrogen-bond donors (Lipinski definition) is 0. The van der Waals surface area contributed by atoms with E-state index in [1.54, 1.807) is 36.2 Å². The maximum atomic E-state index is 14.3. The third kappa shape index (κ3) is 4.70. The van der Waals surface area contributed by atoms with Crippen LogP contribution in [0.25, 0.3) is 5.69 Å². The minimum absolute atomic E-state index is 0.203. The van der Waals surface area contributed by atoms with Gasteiger partial charge in [-0.1, -0.05) is 30.0 Å². The fraction of sp³-hybridized carbons (Fsp3) is 0.174. The lowest BCUT2D eigenvalue weighted by atomic mass is 10.1. The van der Waals surface area contributed by atoms with Crippen molar-refractivity contribution in [3.8, 4) is 5.69 Å². The molecule has 2 heterocycles. The van der Waals surface area contributed by atoms with E-state index in [2.05, 4.69) is 46.6 Å². The second-order valence-electron chi connectivity index (χ2n) is 7.14. The third-order valence-corrected chi connectivity index (χ3v) is 6.45. The van der Waals surface area contributed by atoms with E-state index in [9.17, 15) is 9.18 Å². The smallest absolute Gasteiger partial charge is 0.230 e. The van der Waals surface area contributed by atoms with E-state index in [0.29, 0.717) is 10.9 Å². The van der Waals surface area contributed by atoms with Crippen molar-refractivity contribution >= 4 is 39.8 Å². The number of thiazole rings is 1. The number of para-hydroxylation sites is 1. The summed E-state index contributed by atoms with van der Waals surface area (Å²) in [6, 6.07) is 12.6. The highest BCUT2D eigenvalue weighted by molar-refractivity contribution is 7.98. The van der Waals surface area contributed by atoms with Gasteiger partial charge in [-0.2, -0.15) is 0 Å². The first-order valence-electron chi connectivity index (χ1n) is 9.67. The van der Waals surface area contributed by atoms with Crippen LogP contribution in [0.1, 0.15) is 23.7 Å². The quantitative estimate of drug-likeness (QED) is 0.334. The molecule has 1 amide bonds. The van der Waals surface area contributed by atoms with Crippen LogP contribution in [0.15, 0.2) is 65.4 Å². The molecule has 158 valence electrons. The Bertz CT molecular complexity index is 1210. The fourth-order valence-electron chi connectivity index (χ4n) is 3.33. The van der Waals surface area contributed by atoms with E-state index < -0.39 is 5.82 Å². The van der Waals surface area contributed by atoms with Gasteiger partial charge in [-0.15, -0.1) is 11.3 Å². The van der Waals surface area contributed by atoms with Gasteiger partial charge >= 0.3 is 0 Å². The van der Waals surface area contributed by atoms with E-state index in [4.69, 9.17) is 0 Å². The summed E-state index contributed by atoms with van der Waals surface area (Å²) in [5, 5.41) is 3.20. The number of aromatic nitrogens is 3. The molecule has 0 bridgehead atoms. The number of nitrogens with zero attached hydrogens (tertiary/aromatic N) is 4. The lowest BCUT2D eigenvalue weighted by Crippen LogP contribution is -2.23. The number of carbonyl (C=O) groups is 1. The number of anilines is 2. The van der Waals surface area contributed by atoms with Crippen molar-refractivity contribution in [2.45, 2.75) is 31.7 Å². The van der Waals surface area contributed by atoms with Gasteiger partial charge in [0.15, 0.2) is 10.3 Å². The van der Waals surface area contributed by atoms with Gasteiger partial charge in [0.25, 0.3) is 0 Å². The highest BCUT2D eigenvalue weighted by Crippen LogP contribution is 2.32. The van der Waals surface area contributed by atoms with Gasteiger partial charge < -0.3 is 0 Å². The van der Waals surface area contributed by atoms with Crippen LogP contribution in [0.3, 0.4) is 0 Å². The number of thioether (sulfide) groups is 1. The SMILES string of the molecule is CC(=O)N(c1nc(CSc2nccn2-c2cc(C)cc(C)c2)cs1)c1ccccc1F. The van der Waals surface area contributed by atoms with Crippen molar-refractivity contribution in [1.82, 2.24) is 14.5 Å². The van der Waals surface area contributed by atoms with Crippen molar-refractivity contribution in [1.29, 1.82) is 0 Å². The summed E-state index contributed by atoms with van der Waals surface area (Å²) in [7, 11) is 0. The molecule has 4 aromatic rings. The van der Waals surface area contributed by atoms with Gasteiger partial charge in [-0.05, 0) is 49.2 Å². The predicted molar refractivity (Wildman–Crippen MR) is 124 cm³/mol. The van der Waals surface area contributed by atoms with Crippen LogP contribution in [0.2, 0.25) is 0 Å². The summed E-state index contributed by atoms with van der Waals surface area (Å²) in [6.07, 6.45) is 3.72. The summed E-state index contributed by atoms with van der Waals surface area (Å²) in [5.74, 6) is -0.162. The Kier molecular flexibility index (Phi) is 6.20. The zero-order chi connectivity index (χ0) is 22.0. The average molecular weight is 453 g/mol. The summed E-state index contributed by atoms with van der Waals surface area (Å²) in [6.45, 7) is 5.56. The third-order valence-electron chi connectivity index (χ3n) is 4.58. The fourth-order valence-corrected chi connectivity index (χ4v) is 5.18. The van der Waals surface area contributed by atoms with Crippen molar-refractivity contribution in [2.75, 3.05) is 4.90 Å². The molecule has 2 aromatic heterocycles. The molecule has 0 atom stereocenters. The molecule has 0 N–H and O–H groups in total. The van der Waals surface area contributed by atoms with E-state index in [-0.39, 0.29) is 11.6 Å². The molecule has 0 saturated heterocycles. The van der Waals surface area contributed by atoms with Crippen LogP contribution in [-0.4, -0.2) is 20.4 Å². The Morgan fingerprint density at radius 2 is 1.94 bits per heavy atom. The monoisotopic (exact) mass is 452 g/mol. The Hall–Kier alpha value is -2.97. The topological polar surface area (TPSA) is 51.0 Å². The molecule has 0 aliphatic heterocycles. The number of amides is 1. The van der Waals surface area contributed by atoms with Crippen molar-refractivity contribution in [2.24, 2.45) is 0 Å². The summed E-state index contributed by atoms with van der Waals surface area (Å²) in [5.41, 5.74) is 4.47. The molecular weight excluding hydrogens is 431 g/mol. The van der Waals surface area contributed by atoms with Gasteiger partial charge in [0.05, 0.1) is 11.4 Å². The van der Waals surface area contributed by atoms with Crippen molar-refractivity contribution in [3.63, 3.8) is 0 Å². The molecule has 0 fully saturated rings. The van der Waals surface area contributed by atoms with Crippen molar-refractivity contribution in [3.05, 3.63) is 82.9 Å². The zero-order valence-corrected chi connectivity index (χ0v) is 19.0. The molecule has 0 radical (unpaired) electrons. The molecule has 0 unspecified atom stereocenters. The lowest BCUT2D eigenvalue weighted by Gasteiger charge is -2.18. The molecule has 5 nitrogen and oxygen atoms in total. The van der Waals surface area contributed by atoms with Gasteiger partial charge in [-0.25, -0.2) is 14.4 Å². The number of aryl methyl sites for hydroxylation is 2. The number of rotatable bonds is 6. The van der Waals surface area contributed by atoms with E-state index in [1.165, 1.54) is 40.4 Å². The molecule has 0 spiro atoms. The van der Waals surface area contributed by atoms with Crippen molar-refractivity contribution < 1.29 is 9.18 Å². The summed E-state index contributed by atoms with van der Waals surface area (Å²) in [4.78, 5) is 22.6. The minimum atomic E-state index is -0.459. The molecule has 8 heteroatoms. The molecule has 2 aromatic carbocycles. The average Bonchev–Trinajstić information content (AvgIpc) is 3.36. The Balaban J connectivity index is 1.54. The first-order valence-corrected chi connectivity index (χ1v) is 11.5. The molecule has 4 rings (SSSR count). The predicted octanol–water partition coefficient (Wildman–Crippen LogP) is 6.06. The molecule has 0 aliphatic carbocycles. The number of benzene rings is 2. The number of halogens is 1. The van der Waals surface area contributed by atoms with Gasteiger partial charge in [0.1, 0.15) is 5.82 Å². The maximum absolute atomic E-state index is 14.3. The van der Waals surface area contributed by atoms with Crippen LogP contribution < -0.4 is 4.90 Å².